The van der Waals surface area contributed by atoms with E-state index in [1.807, 2.05) is 0 Å². The lowest BCUT2D eigenvalue weighted by Gasteiger charge is -2.50. The predicted molar refractivity (Wildman–Crippen MR) is 113 cm³/mol. The first-order valence-electron chi connectivity index (χ1n) is 10.6. The number of fused-ring (bicyclic) bond motifs is 5. The molecule has 3 unspecified atom stereocenters. The molecule has 5 rings (SSSR count). The normalized spacial score (nSPS) is 23.7. The van der Waals surface area contributed by atoms with Crippen molar-refractivity contribution in [3.63, 3.8) is 0 Å². The van der Waals surface area contributed by atoms with Gasteiger partial charge in [-0.25, -0.2) is 13.2 Å². The van der Waals surface area contributed by atoms with Crippen LogP contribution in [0.25, 0.3) is 0 Å². The number of carbonyl (C=O) groups excluding carboxylic acids is 2. The van der Waals surface area contributed by atoms with Crippen LogP contribution in [0.1, 0.15) is 52.1 Å². The van der Waals surface area contributed by atoms with Crippen molar-refractivity contribution in [3.05, 3.63) is 62.8 Å². The van der Waals surface area contributed by atoms with Crippen LogP contribution in [0.4, 0.5) is 13.2 Å². The third-order valence-corrected chi connectivity index (χ3v) is 7.98. The fourth-order valence-corrected chi connectivity index (χ4v) is 6.65. The summed E-state index contributed by atoms with van der Waals surface area (Å²) in [5, 5.41) is 13.0. The third kappa shape index (κ3) is 3.68. The van der Waals surface area contributed by atoms with E-state index in [9.17, 15) is 32.7 Å². The number of thioether (sulfide) groups is 1. The molecule has 1 aliphatic carbocycles. The van der Waals surface area contributed by atoms with Gasteiger partial charge < -0.3 is 19.9 Å². The first kappa shape index (κ1) is 21.9. The maximum Gasteiger partial charge on any atom is 0.275 e. The van der Waals surface area contributed by atoms with Gasteiger partial charge in [0.15, 0.2) is 11.4 Å². The first-order valence-corrected chi connectivity index (χ1v) is 11.5. The molecule has 2 N–H and O–H groups in total. The van der Waals surface area contributed by atoms with Crippen LogP contribution >= 0.6 is 11.8 Å². The Kier molecular flexibility index (Phi) is 5.38. The van der Waals surface area contributed by atoms with E-state index in [4.69, 9.17) is 0 Å². The third-order valence-electron chi connectivity index (χ3n) is 6.47. The van der Waals surface area contributed by atoms with Gasteiger partial charge in [0.05, 0.1) is 11.9 Å². The zero-order valence-electron chi connectivity index (χ0n) is 17.3. The summed E-state index contributed by atoms with van der Waals surface area (Å²) < 4.78 is 42.2. The van der Waals surface area contributed by atoms with Crippen molar-refractivity contribution in [1.29, 1.82) is 0 Å². The number of halogens is 3. The molecule has 2 amide bonds. The Hall–Kier alpha value is -2.95. The molecule has 0 spiro atoms. The van der Waals surface area contributed by atoms with Crippen LogP contribution < -0.4 is 10.7 Å². The number of rotatable bonds is 3. The molecule has 2 bridgehead atoms. The molecule has 2 aliphatic heterocycles. The minimum Gasteiger partial charge on any atom is -0.503 e. The summed E-state index contributed by atoms with van der Waals surface area (Å²) in [6.45, 7) is -0.332. The number of benzene rings is 1. The summed E-state index contributed by atoms with van der Waals surface area (Å²) in [4.78, 5) is 40.3. The molecule has 3 aliphatic rings. The highest BCUT2D eigenvalue weighted by Crippen LogP contribution is 2.44. The molecule has 174 valence electrons. The Balaban J connectivity index is 1.44. The fourth-order valence-electron chi connectivity index (χ4n) is 4.92. The van der Waals surface area contributed by atoms with Crippen LogP contribution in [0.2, 0.25) is 0 Å². The van der Waals surface area contributed by atoms with Gasteiger partial charge >= 0.3 is 0 Å². The second-order valence-electron chi connectivity index (χ2n) is 8.50. The molecule has 2 fully saturated rings. The van der Waals surface area contributed by atoms with E-state index >= 15 is 0 Å². The van der Waals surface area contributed by atoms with Gasteiger partial charge in [-0.2, -0.15) is 0 Å². The van der Waals surface area contributed by atoms with E-state index in [1.165, 1.54) is 10.8 Å². The number of hydrogen-bond donors (Lipinski definition) is 2. The van der Waals surface area contributed by atoms with Crippen molar-refractivity contribution >= 4 is 23.6 Å². The molecular formula is C22H20F3N3O4S. The van der Waals surface area contributed by atoms with Gasteiger partial charge in [0.1, 0.15) is 23.0 Å². The lowest BCUT2D eigenvalue weighted by Crippen LogP contribution is -2.57. The molecule has 3 heterocycles. The minimum absolute atomic E-state index is 0.0641. The summed E-state index contributed by atoms with van der Waals surface area (Å²) in [6, 6.07) is 1.03. The van der Waals surface area contributed by atoms with Crippen molar-refractivity contribution in [2.75, 3.05) is 0 Å². The van der Waals surface area contributed by atoms with Crippen LogP contribution in [-0.4, -0.2) is 43.1 Å². The van der Waals surface area contributed by atoms with Crippen LogP contribution in [0.3, 0.4) is 0 Å². The number of aromatic hydroxyl groups is 1. The lowest BCUT2D eigenvalue weighted by molar-refractivity contribution is 0.0496. The number of hydrogen-bond acceptors (Lipinski definition) is 5. The topological polar surface area (TPSA) is 91.6 Å². The zero-order valence-corrected chi connectivity index (χ0v) is 18.1. The van der Waals surface area contributed by atoms with Crippen molar-refractivity contribution in [2.45, 2.75) is 55.4 Å². The SMILES string of the molecule is O=C(NCc1c(F)cc(F)cc1F)c1cn2c(c(O)c1=O)C(=O)N1C3CCCC(C3)SC1C2. The molecule has 3 atom stereocenters. The largest absolute Gasteiger partial charge is 0.503 e. The van der Waals surface area contributed by atoms with Gasteiger partial charge in [-0.1, -0.05) is 6.42 Å². The van der Waals surface area contributed by atoms with Gasteiger partial charge in [0.25, 0.3) is 11.8 Å². The molecule has 1 saturated carbocycles. The summed E-state index contributed by atoms with van der Waals surface area (Å²) in [7, 11) is 0. The second kappa shape index (κ2) is 8.12. The lowest BCUT2D eigenvalue weighted by atomic mass is 9.92. The molecule has 1 aromatic heterocycles. The van der Waals surface area contributed by atoms with Crippen LogP contribution in [0.5, 0.6) is 5.75 Å². The van der Waals surface area contributed by atoms with Crippen molar-refractivity contribution < 1.29 is 27.9 Å². The average Bonchev–Trinajstić information content (AvgIpc) is 2.75. The number of amides is 2. The molecule has 7 nitrogen and oxygen atoms in total. The van der Waals surface area contributed by atoms with E-state index in [1.54, 1.807) is 16.7 Å². The number of nitrogens with one attached hydrogen (secondary N) is 1. The summed E-state index contributed by atoms with van der Waals surface area (Å²) in [5.41, 5.74) is -2.23. The van der Waals surface area contributed by atoms with Crippen LogP contribution in [0.15, 0.2) is 23.1 Å². The zero-order chi connectivity index (χ0) is 23.4. The van der Waals surface area contributed by atoms with E-state index in [0.717, 1.165) is 25.7 Å². The molecular weight excluding hydrogens is 459 g/mol. The molecule has 1 aromatic carbocycles. The Morgan fingerprint density at radius 3 is 2.64 bits per heavy atom. The standard InChI is InChI=1S/C22H20F3N3O4S/c23-10-4-15(24)13(16(25)5-10)7-26-21(31)14-8-27-9-17-28(11-2-1-3-12(6-11)33-17)22(32)18(27)20(30)19(14)29/h4-5,8,11-12,17,30H,1-3,6-7,9H2,(H,26,31). The summed E-state index contributed by atoms with van der Waals surface area (Å²) in [6.07, 6.45) is 5.05. The number of pyridine rings is 1. The Morgan fingerprint density at radius 2 is 1.91 bits per heavy atom. The number of aromatic nitrogens is 1. The van der Waals surface area contributed by atoms with Gasteiger partial charge in [0, 0.05) is 41.7 Å². The van der Waals surface area contributed by atoms with E-state index in [0.29, 0.717) is 23.9 Å². The molecule has 1 saturated heterocycles. The Bertz CT molecular complexity index is 1210. The Morgan fingerprint density at radius 1 is 1.18 bits per heavy atom. The number of nitrogens with zero attached hydrogens (tertiary/aromatic N) is 2. The van der Waals surface area contributed by atoms with Crippen LogP contribution in [0, 0.1) is 17.5 Å². The summed E-state index contributed by atoms with van der Waals surface area (Å²) >= 11 is 1.68. The maximum atomic E-state index is 13.8. The number of carbonyl (C=O) groups is 2. The Labute approximate surface area is 190 Å². The molecule has 0 radical (unpaired) electrons. The van der Waals surface area contributed by atoms with Crippen molar-refractivity contribution in [2.24, 2.45) is 0 Å². The predicted octanol–water partition coefficient (Wildman–Crippen LogP) is 2.74. The summed E-state index contributed by atoms with van der Waals surface area (Å²) in [5.74, 6) is -5.70. The molecule has 11 heteroatoms. The molecule has 2 aromatic rings. The second-order valence-corrected chi connectivity index (χ2v) is 9.98. The van der Waals surface area contributed by atoms with Gasteiger partial charge in [0.2, 0.25) is 5.43 Å². The monoisotopic (exact) mass is 479 g/mol. The minimum atomic E-state index is -1.18. The quantitative estimate of drug-likeness (QED) is 0.707. The fraction of sp³-hybridized carbons (Fsp3) is 0.409. The van der Waals surface area contributed by atoms with E-state index < -0.39 is 58.1 Å². The van der Waals surface area contributed by atoms with Gasteiger partial charge in [-0.15, -0.1) is 11.8 Å². The highest BCUT2D eigenvalue weighted by Gasteiger charge is 2.45. The smallest absolute Gasteiger partial charge is 0.275 e. The van der Waals surface area contributed by atoms with Crippen molar-refractivity contribution in [1.82, 2.24) is 14.8 Å². The first-order chi connectivity index (χ1) is 15.7. The highest BCUT2D eigenvalue weighted by atomic mass is 32.2. The van der Waals surface area contributed by atoms with E-state index in [2.05, 4.69) is 5.32 Å². The maximum absolute atomic E-state index is 13.8. The van der Waals surface area contributed by atoms with Crippen LogP contribution in [-0.2, 0) is 13.1 Å². The van der Waals surface area contributed by atoms with E-state index in [-0.39, 0.29) is 17.1 Å². The average molecular weight is 479 g/mol. The van der Waals surface area contributed by atoms with Crippen molar-refractivity contribution in [3.8, 4) is 5.75 Å². The van der Waals surface area contributed by atoms with Gasteiger partial charge in [-0.3, -0.25) is 14.4 Å². The highest BCUT2D eigenvalue weighted by molar-refractivity contribution is 8.00. The molecule has 33 heavy (non-hydrogen) atoms. The van der Waals surface area contributed by atoms with Gasteiger partial charge in [-0.05, 0) is 19.3 Å².